The van der Waals surface area contributed by atoms with Gasteiger partial charge >= 0.3 is 0 Å². The van der Waals surface area contributed by atoms with Crippen molar-refractivity contribution < 1.29 is 0 Å². The van der Waals surface area contributed by atoms with Gasteiger partial charge in [0.2, 0.25) is 0 Å². The third-order valence-corrected chi connectivity index (χ3v) is 1.98. The molecule has 0 spiro atoms. The molecular formula is C11H19Cl. The first-order chi connectivity index (χ1) is 5.91. The molecule has 0 amide bonds. The minimum absolute atomic E-state index is 0.795. The van der Waals surface area contributed by atoms with Crippen molar-refractivity contribution in [2.75, 3.05) is 5.88 Å². The van der Waals surface area contributed by atoms with Gasteiger partial charge in [0.05, 0.1) is 0 Å². The lowest BCUT2D eigenvalue weighted by atomic mass is 10.2. The molecule has 12 heavy (non-hydrogen) atoms. The summed E-state index contributed by atoms with van der Waals surface area (Å²) in [6.45, 7) is 2.20. The Morgan fingerprint density at radius 1 is 0.917 bits per heavy atom. The second-order valence-electron chi connectivity index (χ2n) is 2.96. The molecule has 0 nitrogen and oxygen atoms in total. The van der Waals surface area contributed by atoms with Crippen LogP contribution in [0.2, 0.25) is 0 Å². The van der Waals surface area contributed by atoms with Crippen molar-refractivity contribution in [2.24, 2.45) is 0 Å². The van der Waals surface area contributed by atoms with Gasteiger partial charge in [-0.25, -0.2) is 0 Å². The molecule has 0 saturated carbocycles. The van der Waals surface area contributed by atoms with Crippen molar-refractivity contribution in [2.45, 2.75) is 51.9 Å². The molecule has 0 aromatic heterocycles. The van der Waals surface area contributed by atoms with E-state index in [2.05, 4.69) is 18.8 Å². The van der Waals surface area contributed by atoms with Crippen LogP contribution < -0.4 is 0 Å². The largest absolute Gasteiger partial charge is 0.127 e. The van der Waals surface area contributed by atoms with Crippen LogP contribution in [0.25, 0.3) is 0 Å². The minimum Gasteiger partial charge on any atom is -0.127 e. The molecule has 70 valence electrons. The van der Waals surface area contributed by atoms with Crippen molar-refractivity contribution in [3.8, 4) is 11.8 Å². The fraction of sp³-hybridized carbons (Fsp3) is 0.818. The zero-order valence-electron chi connectivity index (χ0n) is 8.03. The van der Waals surface area contributed by atoms with Crippen LogP contribution in [0.15, 0.2) is 0 Å². The Kier molecular flexibility index (Phi) is 10.7. The Morgan fingerprint density at radius 2 is 1.58 bits per heavy atom. The second-order valence-corrected chi connectivity index (χ2v) is 3.33. The first kappa shape index (κ1) is 11.8. The predicted molar refractivity (Wildman–Crippen MR) is 56.5 cm³/mol. The first-order valence-electron chi connectivity index (χ1n) is 4.93. The number of rotatable bonds is 6. The molecule has 0 N–H and O–H groups in total. The molecule has 0 radical (unpaired) electrons. The second kappa shape index (κ2) is 10.8. The van der Waals surface area contributed by atoms with Crippen molar-refractivity contribution in [3.63, 3.8) is 0 Å². The van der Waals surface area contributed by atoms with Crippen LogP contribution in [0.5, 0.6) is 0 Å². The topological polar surface area (TPSA) is 0 Å². The molecule has 0 fully saturated rings. The zero-order valence-corrected chi connectivity index (χ0v) is 8.79. The molecule has 0 unspecified atom stereocenters. The summed E-state index contributed by atoms with van der Waals surface area (Å²) in [5, 5.41) is 0. The normalized spacial score (nSPS) is 9.17. The van der Waals surface area contributed by atoms with Gasteiger partial charge in [-0.2, -0.15) is 0 Å². The Bertz CT molecular complexity index is 130. The lowest BCUT2D eigenvalue weighted by Gasteiger charge is -1.91. The zero-order chi connectivity index (χ0) is 9.07. The van der Waals surface area contributed by atoms with Crippen LogP contribution in [-0.4, -0.2) is 5.88 Å². The first-order valence-corrected chi connectivity index (χ1v) is 5.47. The Labute approximate surface area is 81.7 Å². The average molecular weight is 187 g/mol. The molecule has 0 aromatic carbocycles. The van der Waals surface area contributed by atoms with E-state index >= 15 is 0 Å². The summed E-state index contributed by atoms with van der Waals surface area (Å²) < 4.78 is 0. The smallest absolute Gasteiger partial charge is 0.0223 e. The molecule has 0 atom stereocenters. The summed E-state index contributed by atoms with van der Waals surface area (Å²) in [6, 6.07) is 0. The van der Waals surface area contributed by atoms with Crippen LogP contribution in [0, 0.1) is 11.8 Å². The lowest BCUT2D eigenvalue weighted by Crippen LogP contribution is -1.76. The van der Waals surface area contributed by atoms with Gasteiger partial charge in [0, 0.05) is 18.7 Å². The number of unbranched alkanes of at least 4 members (excludes halogenated alkanes) is 5. The standard InChI is InChI=1S/C11H19Cl/c1-2-3-4-5-6-7-8-9-10-11-12/h2-4,7-11H2,1H3. The van der Waals surface area contributed by atoms with E-state index in [0.29, 0.717) is 0 Å². The van der Waals surface area contributed by atoms with Gasteiger partial charge < -0.3 is 0 Å². The number of halogens is 1. The summed E-state index contributed by atoms with van der Waals surface area (Å²) in [4.78, 5) is 0. The van der Waals surface area contributed by atoms with E-state index in [-0.39, 0.29) is 0 Å². The van der Waals surface area contributed by atoms with Crippen molar-refractivity contribution >= 4 is 11.6 Å². The summed E-state index contributed by atoms with van der Waals surface area (Å²) in [5.41, 5.74) is 0. The van der Waals surface area contributed by atoms with E-state index in [0.717, 1.165) is 25.1 Å². The van der Waals surface area contributed by atoms with Gasteiger partial charge in [-0.05, 0) is 19.3 Å². The molecule has 0 aliphatic rings. The van der Waals surface area contributed by atoms with Crippen molar-refractivity contribution in [1.82, 2.24) is 0 Å². The third kappa shape index (κ3) is 9.85. The molecular weight excluding hydrogens is 168 g/mol. The van der Waals surface area contributed by atoms with Crippen LogP contribution in [-0.2, 0) is 0 Å². The third-order valence-electron chi connectivity index (χ3n) is 1.72. The maximum atomic E-state index is 5.55. The highest BCUT2D eigenvalue weighted by molar-refractivity contribution is 6.17. The van der Waals surface area contributed by atoms with E-state index < -0.39 is 0 Å². The van der Waals surface area contributed by atoms with Crippen molar-refractivity contribution in [3.05, 3.63) is 0 Å². The SMILES string of the molecule is CCCCC#CCCCCCCl. The van der Waals surface area contributed by atoms with Gasteiger partial charge in [0.15, 0.2) is 0 Å². The Balaban J connectivity index is 2.99. The molecule has 0 saturated heterocycles. The van der Waals surface area contributed by atoms with E-state index in [1.54, 1.807) is 0 Å². The van der Waals surface area contributed by atoms with Crippen LogP contribution in [0.1, 0.15) is 51.9 Å². The molecule has 0 aliphatic carbocycles. The molecule has 0 aromatic rings. The highest BCUT2D eigenvalue weighted by Gasteiger charge is 1.84. The van der Waals surface area contributed by atoms with Crippen LogP contribution in [0.3, 0.4) is 0 Å². The van der Waals surface area contributed by atoms with E-state index in [9.17, 15) is 0 Å². The maximum absolute atomic E-state index is 5.55. The minimum atomic E-state index is 0.795. The fourth-order valence-electron chi connectivity index (χ4n) is 0.927. The van der Waals surface area contributed by atoms with Gasteiger partial charge in [0.25, 0.3) is 0 Å². The highest BCUT2D eigenvalue weighted by Crippen LogP contribution is 2.00. The number of alkyl halides is 1. The molecule has 0 rings (SSSR count). The summed E-state index contributed by atoms with van der Waals surface area (Å²) in [6.07, 6.45) is 8.21. The average Bonchev–Trinajstić information content (AvgIpc) is 2.10. The number of hydrogen-bond donors (Lipinski definition) is 0. The van der Waals surface area contributed by atoms with Crippen molar-refractivity contribution in [1.29, 1.82) is 0 Å². The molecule has 0 aliphatic heterocycles. The lowest BCUT2D eigenvalue weighted by molar-refractivity contribution is 0.740. The van der Waals surface area contributed by atoms with Gasteiger partial charge in [-0.15, -0.1) is 23.4 Å². The van der Waals surface area contributed by atoms with E-state index in [1.165, 1.54) is 25.7 Å². The summed E-state index contributed by atoms with van der Waals surface area (Å²) in [5.74, 6) is 7.16. The number of hydrogen-bond acceptors (Lipinski definition) is 0. The molecule has 0 bridgehead atoms. The highest BCUT2D eigenvalue weighted by atomic mass is 35.5. The van der Waals surface area contributed by atoms with Crippen LogP contribution >= 0.6 is 11.6 Å². The fourth-order valence-corrected chi connectivity index (χ4v) is 1.12. The Hall–Kier alpha value is -0.150. The molecule has 0 heterocycles. The monoisotopic (exact) mass is 186 g/mol. The molecule has 1 heteroatoms. The quantitative estimate of drug-likeness (QED) is 0.335. The van der Waals surface area contributed by atoms with E-state index in [1.807, 2.05) is 0 Å². The van der Waals surface area contributed by atoms with Gasteiger partial charge in [-0.1, -0.05) is 19.8 Å². The predicted octanol–water partition coefficient (Wildman–Crippen LogP) is 3.98. The Morgan fingerprint density at radius 3 is 2.17 bits per heavy atom. The summed E-state index contributed by atoms with van der Waals surface area (Å²) in [7, 11) is 0. The maximum Gasteiger partial charge on any atom is 0.0223 e. The van der Waals surface area contributed by atoms with Gasteiger partial charge in [0.1, 0.15) is 0 Å². The van der Waals surface area contributed by atoms with Crippen LogP contribution in [0.4, 0.5) is 0 Å². The van der Waals surface area contributed by atoms with Gasteiger partial charge in [-0.3, -0.25) is 0 Å². The van der Waals surface area contributed by atoms with E-state index in [4.69, 9.17) is 11.6 Å². The summed E-state index contributed by atoms with van der Waals surface area (Å²) >= 11 is 5.55.